The van der Waals surface area contributed by atoms with Crippen molar-refractivity contribution in [2.24, 2.45) is 0 Å². The molecule has 0 saturated heterocycles. The highest BCUT2D eigenvalue weighted by Gasteiger charge is 2.19. The van der Waals surface area contributed by atoms with Crippen LogP contribution in [-0.2, 0) is 28.6 Å². The van der Waals surface area contributed by atoms with E-state index in [1.807, 2.05) is 0 Å². The summed E-state index contributed by atoms with van der Waals surface area (Å²) in [4.78, 5) is 38.2. The molecule has 404 valence electrons. The van der Waals surface area contributed by atoms with Gasteiger partial charge in [0.25, 0.3) is 0 Å². The summed E-state index contributed by atoms with van der Waals surface area (Å²) in [5.41, 5.74) is 0. The van der Waals surface area contributed by atoms with E-state index in [1.165, 1.54) is 161 Å². The van der Waals surface area contributed by atoms with Crippen LogP contribution < -0.4 is 0 Å². The third-order valence-corrected chi connectivity index (χ3v) is 12.9. The summed E-state index contributed by atoms with van der Waals surface area (Å²) >= 11 is 0. The first-order chi connectivity index (χ1) is 34.5. The maximum atomic E-state index is 12.9. The molecule has 1 unspecified atom stereocenters. The molecule has 0 aromatic heterocycles. The fourth-order valence-corrected chi connectivity index (χ4v) is 8.47. The van der Waals surface area contributed by atoms with Gasteiger partial charge in [0.1, 0.15) is 13.2 Å². The maximum absolute atomic E-state index is 12.9. The monoisotopic (exact) mass is 977 g/mol. The third kappa shape index (κ3) is 55.8. The Morgan fingerprint density at radius 1 is 0.300 bits per heavy atom. The molecule has 0 bridgehead atoms. The van der Waals surface area contributed by atoms with Crippen molar-refractivity contribution >= 4 is 17.9 Å². The van der Waals surface area contributed by atoms with E-state index in [2.05, 4.69) is 93.7 Å². The lowest BCUT2D eigenvalue weighted by atomic mass is 10.0. The highest BCUT2D eigenvalue weighted by Crippen LogP contribution is 2.16. The zero-order valence-electron chi connectivity index (χ0n) is 46.3. The van der Waals surface area contributed by atoms with Crippen molar-refractivity contribution in [1.29, 1.82) is 0 Å². The number of ether oxygens (including phenoxy) is 3. The summed E-state index contributed by atoms with van der Waals surface area (Å²) in [7, 11) is 0. The van der Waals surface area contributed by atoms with Gasteiger partial charge >= 0.3 is 17.9 Å². The van der Waals surface area contributed by atoms with Crippen LogP contribution >= 0.6 is 0 Å². The van der Waals surface area contributed by atoms with Gasteiger partial charge < -0.3 is 14.2 Å². The molecule has 0 spiro atoms. The SMILES string of the molecule is CC/C=C\C/C=C\C/C=C\C/C=C\C/C=C\CCCCCCCCCC(=O)OCC(COC(=O)CCCCCCCCCCCCCC)OC(=O)CCCCCCCCC/C=C\CCCCCCCC. The lowest BCUT2D eigenvalue weighted by Crippen LogP contribution is -2.30. The number of unbranched alkanes of at least 4 members (excludes halogenated alkanes) is 31. The quantitative estimate of drug-likeness (QED) is 0.0261. The summed E-state index contributed by atoms with van der Waals surface area (Å²) in [5.74, 6) is -0.883. The molecule has 0 amide bonds. The molecule has 0 fully saturated rings. The molecular weight excluding hydrogens is 865 g/mol. The summed E-state index contributed by atoms with van der Waals surface area (Å²) < 4.78 is 16.9. The zero-order valence-corrected chi connectivity index (χ0v) is 46.3. The first-order valence-corrected chi connectivity index (χ1v) is 29.9. The van der Waals surface area contributed by atoms with Crippen LogP contribution in [0.5, 0.6) is 0 Å². The number of allylic oxidation sites excluding steroid dienone is 12. The Kier molecular flexibility index (Phi) is 55.8. The Morgan fingerprint density at radius 2 is 0.557 bits per heavy atom. The second kappa shape index (κ2) is 58.4. The normalized spacial score (nSPS) is 12.6. The van der Waals surface area contributed by atoms with Gasteiger partial charge in [0.05, 0.1) is 0 Å². The highest BCUT2D eigenvalue weighted by molar-refractivity contribution is 5.71. The zero-order chi connectivity index (χ0) is 50.7. The topological polar surface area (TPSA) is 78.9 Å². The van der Waals surface area contributed by atoms with Crippen LogP contribution in [0.1, 0.15) is 297 Å². The molecule has 0 radical (unpaired) electrons. The molecule has 1 atom stereocenters. The molecule has 0 heterocycles. The second-order valence-corrected chi connectivity index (χ2v) is 19.9. The van der Waals surface area contributed by atoms with Crippen LogP contribution in [0.2, 0.25) is 0 Å². The number of hydrogen-bond acceptors (Lipinski definition) is 6. The van der Waals surface area contributed by atoms with Gasteiger partial charge in [0.2, 0.25) is 0 Å². The first-order valence-electron chi connectivity index (χ1n) is 29.9. The van der Waals surface area contributed by atoms with E-state index in [-0.39, 0.29) is 31.1 Å². The summed E-state index contributed by atoms with van der Waals surface area (Å²) in [6.45, 7) is 6.53. The highest BCUT2D eigenvalue weighted by atomic mass is 16.6. The molecule has 0 rings (SSSR count). The standard InChI is InChI=1S/C64H112O6/c1-4-7-10-13-16-19-22-25-27-29-30-31-32-33-34-36-37-39-42-45-48-51-54-57-63(66)69-60-61(59-68-62(65)56-53-50-47-44-41-24-21-18-15-12-9-6-3)70-64(67)58-55-52-49-46-43-40-38-35-28-26-23-20-17-14-11-8-5-2/h7,10,16,19,25-28,30-31,33-34,61H,4-6,8-9,11-15,17-18,20-24,29,32,35-60H2,1-3H3/b10-7-,19-16-,27-25-,28-26-,31-30-,34-33-. The minimum atomic E-state index is -0.781. The number of hydrogen-bond donors (Lipinski definition) is 0. The van der Waals surface area contributed by atoms with Crippen molar-refractivity contribution in [3.8, 4) is 0 Å². The van der Waals surface area contributed by atoms with Gasteiger partial charge in [-0.25, -0.2) is 0 Å². The van der Waals surface area contributed by atoms with E-state index in [0.29, 0.717) is 19.3 Å². The van der Waals surface area contributed by atoms with Gasteiger partial charge in [0, 0.05) is 19.3 Å². The van der Waals surface area contributed by atoms with E-state index in [0.717, 1.165) is 96.3 Å². The smallest absolute Gasteiger partial charge is 0.306 e. The molecule has 70 heavy (non-hydrogen) atoms. The average Bonchev–Trinajstić information content (AvgIpc) is 3.36. The number of esters is 3. The predicted octanol–water partition coefficient (Wildman–Crippen LogP) is 20.2. The molecule has 0 aliphatic carbocycles. The van der Waals surface area contributed by atoms with Crippen LogP contribution in [0, 0.1) is 0 Å². The Balaban J connectivity index is 4.34. The molecule has 6 heteroatoms. The molecule has 0 aliphatic rings. The number of rotatable bonds is 54. The fourth-order valence-electron chi connectivity index (χ4n) is 8.47. The van der Waals surface area contributed by atoms with Crippen molar-refractivity contribution in [3.05, 3.63) is 72.9 Å². The van der Waals surface area contributed by atoms with Crippen molar-refractivity contribution < 1.29 is 28.6 Å². The van der Waals surface area contributed by atoms with Crippen molar-refractivity contribution in [3.63, 3.8) is 0 Å². The summed E-state index contributed by atoms with van der Waals surface area (Å²) in [6.07, 6.45) is 74.6. The van der Waals surface area contributed by atoms with Gasteiger partial charge in [-0.3, -0.25) is 14.4 Å². The molecular formula is C64H112O6. The van der Waals surface area contributed by atoms with Gasteiger partial charge in [-0.2, -0.15) is 0 Å². The maximum Gasteiger partial charge on any atom is 0.306 e. The van der Waals surface area contributed by atoms with E-state index >= 15 is 0 Å². The fraction of sp³-hybridized carbons (Fsp3) is 0.766. The molecule has 0 aromatic rings. The molecule has 0 aromatic carbocycles. The third-order valence-electron chi connectivity index (χ3n) is 12.9. The van der Waals surface area contributed by atoms with E-state index in [9.17, 15) is 14.4 Å². The Morgan fingerprint density at radius 3 is 0.886 bits per heavy atom. The van der Waals surface area contributed by atoms with Crippen LogP contribution in [0.4, 0.5) is 0 Å². The van der Waals surface area contributed by atoms with Crippen molar-refractivity contribution in [2.75, 3.05) is 13.2 Å². The predicted molar refractivity (Wildman–Crippen MR) is 302 cm³/mol. The van der Waals surface area contributed by atoms with Crippen LogP contribution in [0.25, 0.3) is 0 Å². The minimum absolute atomic E-state index is 0.0780. The molecule has 0 aliphatic heterocycles. The molecule has 0 saturated carbocycles. The Labute approximate surface area is 433 Å². The first kappa shape index (κ1) is 66.9. The van der Waals surface area contributed by atoms with Gasteiger partial charge in [0.15, 0.2) is 6.10 Å². The number of carbonyl (C=O) groups is 3. The molecule has 0 N–H and O–H groups in total. The van der Waals surface area contributed by atoms with Crippen molar-refractivity contribution in [1.82, 2.24) is 0 Å². The van der Waals surface area contributed by atoms with Crippen LogP contribution in [0.15, 0.2) is 72.9 Å². The Bertz CT molecular complexity index is 1310. The van der Waals surface area contributed by atoms with Gasteiger partial charge in [-0.15, -0.1) is 0 Å². The van der Waals surface area contributed by atoms with E-state index in [1.54, 1.807) is 0 Å². The Hall–Kier alpha value is -3.15. The lowest BCUT2D eigenvalue weighted by molar-refractivity contribution is -0.167. The largest absolute Gasteiger partial charge is 0.462 e. The van der Waals surface area contributed by atoms with E-state index < -0.39 is 6.10 Å². The van der Waals surface area contributed by atoms with E-state index in [4.69, 9.17) is 14.2 Å². The van der Waals surface area contributed by atoms with Crippen LogP contribution in [0.3, 0.4) is 0 Å². The number of carbonyl (C=O) groups excluding carboxylic acids is 3. The van der Waals surface area contributed by atoms with Gasteiger partial charge in [-0.1, -0.05) is 261 Å². The lowest BCUT2D eigenvalue weighted by Gasteiger charge is -2.18. The average molecular weight is 978 g/mol. The minimum Gasteiger partial charge on any atom is -0.462 e. The molecule has 6 nitrogen and oxygen atoms in total. The second-order valence-electron chi connectivity index (χ2n) is 19.9. The summed E-state index contributed by atoms with van der Waals surface area (Å²) in [5, 5.41) is 0. The van der Waals surface area contributed by atoms with Gasteiger partial charge in [-0.05, 0) is 89.9 Å². The summed E-state index contributed by atoms with van der Waals surface area (Å²) in [6, 6.07) is 0. The van der Waals surface area contributed by atoms with Crippen molar-refractivity contribution in [2.45, 2.75) is 303 Å². The van der Waals surface area contributed by atoms with Crippen LogP contribution in [-0.4, -0.2) is 37.2 Å².